The highest BCUT2D eigenvalue weighted by molar-refractivity contribution is 5.87. The van der Waals surface area contributed by atoms with Crippen LogP contribution in [0, 0.1) is 11.8 Å². The number of H-pyrrole nitrogens is 1. The summed E-state index contributed by atoms with van der Waals surface area (Å²) in [4.78, 5) is 21.3. The average Bonchev–Trinajstić information content (AvgIpc) is 3.35. The number of aromatic amines is 1. The predicted molar refractivity (Wildman–Crippen MR) is 102 cm³/mol. The maximum Gasteiger partial charge on any atom is 0.142 e. The number of nitrogens with one attached hydrogen (secondary N) is 1. The highest BCUT2D eigenvalue weighted by Crippen LogP contribution is 2.41. The molecule has 1 saturated carbocycles. The molecular weight excluding hydrogens is 324 g/mol. The summed E-state index contributed by atoms with van der Waals surface area (Å²) in [7, 11) is 2.19. The van der Waals surface area contributed by atoms with Gasteiger partial charge in [0.1, 0.15) is 17.8 Å². The van der Waals surface area contributed by atoms with Crippen molar-refractivity contribution in [2.45, 2.75) is 25.4 Å². The highest BCUT2D eigenvalue weighted by Gasteiger charge is 2.42. The standard InChI is InChI=1S/C20H24N6/c1-25(20-18-4-6-22-19(18)23-13-24-20)17-7-15-11-26(12-16(15)8-17)10-14-3-2-5-21-9-14/h2-6,9,13,15-17H,7-8,10-12H2,1H3,(H,22,23,24)/t15-,16+,17?. The zero-order valence-electron chi connectivity index (χ0n) is 15.0. The van der Waals surface area contributed by atoms with Crippen LogP contribution in [0.1, 0.15) is 18.4 Å². The van der Waals surface area contributed by atoms with E-state index in [4.69, 9.17) is 0 Å². The van der Waals surface area contributed by atoms with Crippen molar-refractivity contribution in [3.8, 4) is 0 Å². The molecule has 1 aliphatic carbocycles. The molecule has 134 valence electrons. The van der Waals surface area contributed by atoms with Crippen LogP contribution in [0.15, 0.2) is 43.1 Å². The number of pyridine rings is 1. The summed E-state index contributed by atoms with van der Waals surface area (Å²) in [5.41, 5.74) is 2.24. The summed E-state index contributed by atoms with van der Waals surface area (Å²) in [6.45, 7) is 3.43. The fourth-order valence-electron chi connectivity index (χ4n) is 4.87. The Kier molecular flexibility index (Phi) is 3.85. The third-order valence-electron chi connectivity index (χ3n) is 6.15. The minimum absolute atomic E-state index is 0.568. The van der Waals surface area contributed by atoms with Gasteiger partial charge in [-0.1, -0.05) is 6.07 Å². The zero-order chi connectivity index (χ0) is 17.5. The van der Waals surface area contributed by atoms with Gasteiger partial charge in [-0.25, -0.2) is 9.97 Å². The molecule has 3 aromatic heterocycles. The van der Waals surface area contributed by atoms with Crippen LogP contribution in [0.5, 0.6) is 0 Å². The summed E-state index contributed by atoms with van der Waals surface area (Å²) < 4.78 is 0. The lowest BCUT2D eigenvalue weighted by Crippen LogP contribution is -2.32. The van der Waals surface area contributed by atoms with E-state index < -0.39 is 0 Å². The largest absolute Gasteiger partial charge is 0.356 e. The molecule has 1 N–H and O–H groups in total. The first-order chi connectivity index (χ1) is 12.8. The topological polar surface area (TPSA) is 60.9 Å². The fraction of sp³-hybridized carbons (Fsp3) is 0.450. The van der Waals surface area contributed by atoms with Crippen molar-refractivity contribution in [1.29, 1.82) is 0 Å². The molecule has 6 nitrogen and oxygen atoms in total. The second kappa shape index (κ2) is 6.36. The van der Waals surface area contributed by atoms with Crippen LogP contribution in [0.2, 0.25) is 0 Å². The molecule has 0 spiro atoms. The Morgan fingerprint density at radius 2 is 2.04 bits per heavy atom. The van der Waals surface area contributed by atoms with E-state index in [0.29, 0.717) is 6.04 Å². The number of anilines is 1. The Balaban J connectivity index is 1.26. The maximum absolute atomic E-state index is 4.57. The Hall–Kier alpha value is -2.47. The van der Waals surface area contributed by atoms with E-state index in [1.54, 1.807) is 6.33 Å². The third-order valence-corrected chi connectivity index (χ3v) is 6.15. The summed E-state index contributed by atoms with van der Waals surface area (Å²) in [5, 5.41) is 1.12. The second-order valence-corrected chi connectivity index (χ2v) is 7.75. The summed E-state index contributed by atoms with van der Waals surface area (Å²) in [6, 6.07) is 6.85. The number of nitrogens with zero attached hydrogens (tertiary/aromatic N) is 5. The molecule has 3 atom stereocenters. The van der Waals surface area contributed by atoms with E-state index in [1.807, 2.05) is 24.7 Å². The molecule has 0 radical (unpaired) electrons. The minimum Gasteiger partial charge on any atom is -0.356 e. The molecule has 0 aromatic carbocycles. The molecule has 1 aliphatic heterocycles. The van der Waals surface area contributed by atoms with Crippen molar-refractivity contribution < 1.29 is 0 Å². The second-order valence-electron chi connectivity index (χ2n) is 7.75. The maximum atomic E-state index is 4.57. The van der Waals surface area contributed by atoms with Crippen LogP contribution in [0.3, 0.4) is 0 Å². The molecule has 2 fully saturated rings. The fourth-order valence-corrected chi connectivity index (χ4v) is 4.87. The molecule has 3 aromatic rings. The SMILES string of the molecule is CN(c1ncnc2[nH]ccc12)C1C[C@@H]2CN(Cc3cccnc3)C[C@@H]2C1. The molecule has 2 aliphatic rings. The molecule has 1 saturated heterocycles. The van der Waals surface area contributed by atoms with Crippen molar-refractivity contribution in [2.75, 3.05) is 25.0 Å². The zero-order valence-corrected chi connectivity index (χ0v) is 15.0. The summed E-state index contributed by atoms with van der Waals surface area (Å²) in [5.74, 6) is 2.64. The predicted octanol–water partition coefficient (Wildman–Crippen LogP) is 2.70. The van der Waals surface area contributed by atoms with Crippen molar-refractivity contribution in [3.05, 3.63) is 48.7 Å². The number of rotatable bonds is 4. The number of aromatic nitrogens is 4. The highest BCUT2D eigenvalue weighted by atomic mass is 15.2. The summed E-state index contributed by atoms with van der Waals surface area (Å²) in [6.07, 6.45) is 9.94. The summed E-state index contributed by atoms with van der Waals surface area (Å²) >= 11 is 0. The Labute approximate surface area is 153 Å². The van der Waals surface area contributed by atoms with Crippen molar-refractivity contribution >= 4 is 16.9 Å². The van der Waals surface area contributed by atoms with Gasteiger partial charge in [0.15, 0.2) is 0 Å². The van der Waals surface area contributed by atoms with Gasteiger partial charge in [0.25, 0.3) is 0 Å². The van der Waals surface area contributed by atoms with Gasteiger partial charge in [0.2, 0.25) is 0 Å². The first-order valence-corrected chi connectivity index (χ1v) is 9.40. The molecule has 4 heterocycles. The van der Waals surface area contributed by atoms with Crippen molar-refractivity contribution in [1.82, 2.24) is 24.8 Å². The van der Waals surface area contributed by atoms with E-state index in [2.05, 4.69) is 48.9 Å². The van der Waals surface area contributed by atoms with E-state index >= 15 is 0 Å². The number of hydrogen-bond donors (Lipinski definition) is 1. The monoisotopic (exact) mass is 348 g/mol. The van der Waals surface area contributed by atoms with Crippen LogP contribution < -0.4 is 4.90 Å². The van der Waals surface area contributed by atoms with Gasteiger partial charge in [-0.2, -0.15) is 0 Å². The lowest BCUT2D eigenvalue weighted by atomic mass is 10.0. The smallest absolute Gasteiger partial charge is 0.142 e. The molecule has 26 heavy (non-hydrogen) atoms. The van der Waals surface area contributed by atoms with Gasteiger partial charge in [-0.3, -0.25) is 9.88 Å². The third kappa shape index (κ3) is 2.74. The molecule has 0 amide bonds. The molecule has 0 bridgehead atoms. The first kappa shape index (κ1) is 15.8. The minimum atomic E-state index is 0.568. The van der Waals surface area contributed by atoms with Crippen molar-refractivity contribution in [3.63, 3.8) is 0 Å². The van der Waals surface area contributed by atoms with E-state index in [-0.39, 0.29) is 0 Å². The van der Waals surface area contributed by atoms with E-state index in [9.17, 15) is 0 Å². The van der Waals surface area contributed by atoms with Crippen LogP contribution in [0.4, 0.5) is 5.82 Å². The number of fused-ring (bicyclic) bond motifs is 2. The van der Waals surface area contributed by atoms with Gasteiger partial charge in [-0.05, 0) is 42.4 Å². The quantitative estimate of drug-likeness (QED) is 0.785. The van der Waals surface area contributed by atoms with E-state index in [0.717, 1.165) is 35.2 Å². The van der Waals surface area contributed by atoms with Crippen LogP contribution >= 0.6 is 0 Å². The number of likely N-dealkylation sites (tertiary alicyclic amines) is 1. The van der Waals surface area contributed by atoms with Gasteiger partial charge < -0.3 is 9.88 Å². The van der Waals surface area contributed by atoms with Crippen LogP contribution in [0.25, 0.3) is 11.0 Å². The Morgan fingerprint density at radius 3 is 2.81 bits per heavy atom. The lowest BCUT2D eigenvalue weighted by Gasteiger charge is -2.28. The van der Waals surface area contributed by atoms with E-state index in [1.165, 1.54) is 31.5 Å². The van der Waals surface area contributed by atoms with Gasteiger partial charge in [0.05, 0.1) is 5.39 Å². The molecule has 6 heteroatoms. The first-order valence-electron chi connectivity index (χ1n) is 9.40. The average molecular weight is 348 g/mol. The molecule has 1 unspecified atom stereocenters. The van der Waals surface area contributed by atoms with Gasteiger partial charge in [-0.15, -0.1) is 0 Å². The Morgan fingerprint density at radius 1 is 1.19 bits per heavy atom. The Bertz CT molecular complexity index is 877. The number of hydrogen-bond acceptors (Lipinski definition) is 5. The van der Waals surface area contributed by atoms with Gasteiger partial charge >= 0.3 is 0 Å². The normalized spacial score (nSPS) is 25.7. The molecular formula is C20H24N6. The molecule has 5 rings (SSSR count). The van der Waals surface area contributed by atoms with Crippen LogP contribution in [-0.2, 0) is 6.54 Å². The van der Waals surface area contributed by atoms with Gasteiger partial charge in [0, 0.05) is 51.3 Å². The lowest BCUT2D eigenvalue weighted by molar-refractivity contribution is 0.298. The van der Waals surface area contributed by atoms with Crippen LogP contribution in [-0.4, -0.2) is 51.0 Å². The van der Waals surface area contributed by atoms with Crippen molar-refractivity contribution in [2.24, 2.45) is 11.8 Å².